The van der Waals surface area contributed by atoms with Gasteiger partial charge in [-0.3, -0.25) is 0 Å². The van der Waals surface area contributed by atoms with Gasteiger partial charge in [0, 0.05) is 0 Å². The van der Waals surface area contributed by atoms with E-state index in [4.69, 9.17) is 0 Å². The monoisotopic (exact) mass is 202 g/mol. The van der Waals surface area contributed by atoms with Crippen LogP contribution in [0.15, 0.2) is 0 Å². The highest BCUT2D eigenvalue weighted by Gasteiger charge is 2.65. The van der Waals surface area contributed by atoms with Crippen LogP contribution in [-0.4, -0.2) is 0 Å². The van der Waals surface area contributed by atoms with E-state index < -0.39 is 0 Å². The molecule has 0 aromatic rings. The molecule has 0 heteroatoms. The van der Waals surface area contributed by atoms with Crippen molar-refractivity contribution >= 4 is 0 Å². The molecule has 0 aromatic carbocycles. The van der Waals surface area contributed by atoms with Crippen LogP contribution < -0.4 is 0 Å². The van der Waals surface area contributed by atoms with Crippen molar-refractivity contribution in [2.75, 3.05) is 0 Å². The zero-order valence-corrected chi connectivity index (χ0v) is 9.78. The molecular formula is C15H22. The van der Waals surface area contributed by atoms with Gasteiger partial charge in [-0.05, 0) is 85.4 Å². The fourth-order valence-corrected chi connectivity index (χ4v) is 7.26. The molecule has 0 heterocycles. The average molecular weight is 202 g/mol. The van der Waals surface area contributed by atoms with Crippen LogP contribution in [0.1, 0.15) is 45.4 Å². The zero-order valence-electron chi connectivity index (χ0n) is 9.78. The molecule has 0 spiro atoms. The highest BCUT2D eigenvalue weighted by Crippen LogP contribution is 2.73. The van der Waals surface area contributed by atoms with E-state index in [1.165, 1.54) is 41.4 Å². The lowest BCUT2D eigenvalue weighted by Gasteiger charge is -2.72. The topological polar surface area (TPSA) is 0 Å². The van der Waals surface area contributed by atoms with Crippen LogP contribution >= 0.6 is 0 Å². The maximum absolute atomic E-state index is 2.61. The largest absolute Gasteiger partial charge is 0.0596 e. The Morgan fingerprint density at radius 3 is 1.47 bits per heavy atom. The van der Waals surface area contributed by atoms with E-state index in [0.29, 0.717) is 0 Å². The summed E-state index contributed by atoms with van der Waals surface area (Å²) in [7, 11) is 0. The summed E-state index contributed by atoms with van der Waals surface area (Å²) in [5, 5.41) is 0. The first-order chi connectivity index (χ1) is 7.23. The maximum Gasteiger partial charge on any atom is -0.0317 e. The molecule has 7 rings (SSSR count). The van der Waals surface area contributed by atoms with E-state index in [-0.39, 0.29) is 0 Å². The van der Waals surface area contributed by atoms with Crippen LogP contribution in [0.5, 0.6) is 0 Å². The quantitative estimate of drug-likeness (QED) is 0.561. The van der Waals surface area contributed by atoms with Crippen molar-refractivity contribution in [3.05, 3.63) is 0 Å². The third kappa shape index (κ3) is 0.775. The summed E-state index contributed by atoms with van der Waals surface area (Å²) in [6.07, 6.45) is 9.79. The van der Waals surface area contributed by atoms with E-state index in [1.807, 2.05) is 0 Å². The number of rotatable bonds is 0. The molecule has 8 bridgehead atoms. The van der Waals surface area contributed by atoms with Crippen molar-refractivity contribution in [3.63, 3.8) is 0 Å². The minimum atomic E-state index is 0.799. The third-order valence-electron chi connectivity index (χ3n) is 7.30. The van der Waals surface area contributed by atoms with Crippen molar-refractivity contribution < 1.29 is 0 Å². The van der Waals surface area contributed by atoms with Crippen molar-refractivity contribution in [2.24, 2.45) is 46.8 Å². The normalized spacial score (nSPS) is 73.0. The highest BCUT2D eigenvalue weighted by atomic mass is 14.7. The Morgan fingerprint density at radius 1 is 0.667 bits per heavy atom. The molecule has 0 aliphatic heterocycles. The van der Waals surface area contributed by atoms with Crippen LogP contribution in [0, 0.1) is 46.8 Å². The Kier molecular flexibility index (Phi) is 1.18. The lowest BCUT2D eigenvalue weighted by atomic mass is 9.33. The molecule has 0 N–H and O–H groups in total. The fourth-order valence-electron chi connectivity index (χ4n) is 7.26. The second-order valence-electron chi connectivity index (χ2n) is 7.98. The van der Waals surface area contributed by atoms with Gasteiger partial charge >= 0.3 is 0 Å². The summed E-state index contributed by atoms with van der Waals surface area (Å²) in [5.74, 6) is 8.38. The molecule has 7 aliphatic rings. The zero-order chi connectivity index (χ0) is 9.78. The first-order valence-electron chi connectivity index (χ1n) is 7.23. The predicted octanol–water partition coefficient (Wildman–Crippen LogP) is 3.71. The summed E-state index contributed by atoms with van der Waals surface area (Å²) in [4.78, 5) is 0. The lowest BCUT2D eigenvalue weighted by Crippen LogP contribution is -2.64. The minimum Gasteiger partial charge on any atom is -0.0596 e. The summed E-state index contributed by atoms with van der Waals surface area (Å²) in [6, 6.07) is 0. The Hall–Kier alpha value is 0. The van der Waals surface area contributed by atoms with E-state index >= 15 is 0 Å². The molecule has 0 amide bonds. The standard InChI is InChI=1S/C15H22/c1-15-5-12-9-2-8-3-10(12)14(7-15)11(4-8)13(9)6-15/h8-14H,2-7H2,1H3. The van der Waals surface area contributed by atoms with Crippen molar-refractivity contribution in [3.8, 4) is 0 Å². The maximum atomic E-state index is 2.61. The summed E-state index contributed by atoms with van der Waals surface area (Å²) < 4.78 is 0. The molecule has 0 unspecified atom stereocenters. The van der Waals surface area contributed by atoms with Gasteiger partial charge in [-0.1, -0.05) is 6.92 Å². The van der Waals surface area contributed by atoms with E-state index in [1.54, 1.807) is 38.5 Å². The van der Waals surface area contributed by atoms with Gasteiger partial charge in [-0.15, -0.1) is 0 Å². The predicted molar refractivity (Wildman–Crippen MR) is 60.2 cm³/mol. The van der Waals surface area contributed by atoms with Gasteiger partial charge in [0.25, 0.3) is 0 Å². The van der Waals surface area contributed by atoms with E-state index in [9.17, 15) is 0 Å². The number of hydrogen-bond acceptors (Lipinski definition) is 0. The molecule has 7 saturated carbocycles. The molecule has 82 valence electrons. The average Bonchev–Trinajstić information content (AvgIpc) is 2.23. The van der Waals surface area contributed by atoms with Gasteiger partial charge in [-0.25, -0.2) is 0 Å². The van der Waals surface area contributed by atoms with Gasteiger partial charge in [0.15, 0.2) is 0 Å². The second-order valence-corrected chi connectivity index (χ2v) is 7.98. The van der Waals surface area contributed by atoms with Crippen LogP contribution in [0.2, 0.25) is 0 Å². The lowest BCUT2D eigenvalue weighted by molar-refractivity contribution is -0.228. The second kappa shape index (κ2) is 2.17. The molecular weight excluding hydrogens is 180 g/mol. The Labute approximate surface area is 92.8 Å². The van der Waals surface area contributed by atoms with Gasteiger partial charge in [-0.2, -0.15) is 0 Å². The molecule has 7 fully saturated rings. The molecule has 0 atom stereocenters. The Bertz CT molecular complexity index is 269. The molecule has 7 aliphatic carbocycles. The van der Waals surface area contributed by atoms with E-state index in [2.05, 4.69) is 6.92 Å². The fraction of sp³-hybridized carbons (Fsp3) is 1.00. The summed E-state index contributed by atoms with van der Waals surface area (Å²) >= 11 is 0. The Morgan fingerprint density at radius 2 is 1.07 bits per heavy atom. The van der Waals surface area contributed by atoms with Crippen LogP contribution in [0.4, 0.5) is 0 Å². The molecule has 0 saturated heterocycles. The SMILES string of the molecule is CC12CC3C4CC5CC3C(C1)C(C5)C4C2. The summed E-state index contributed by atoms with van der Waals surface area (Å²) in [6.45, 7) is 2.61. The van der Waals surface area contributed by atoms with Crippen molar-refractivity contribution in [2.45, 2.75) is 45.4 Å². The van der Waals surface area contributed by atoms with Crippen molar-refractivity contribution in [1.82, 2.24) is 0 Å². The highest BCUT2D eigenvalue weighted by molar-refractivity contribution is 5.15. The van der Waals surface area contributed by atoms with Crippen LogP contribution in [-0.2, 0) is 0 Å². The Balaban J connectivity index is 1.69. The van der Waals surface area contributed by atoms with Crippen molar-refractivity contribution in [1.29, 1.82) is 0 Å². The van der Waals surface area contributed by atoms with E-state index in [0.717, 1.165) is 5.41 Å². The van der Waals surface area contributed by atoms with Crippen LogP contribution in [0.3, 0.4) is 0 Å². The number of hydrogen-bond donors (Lipinski definition) is 0. The summed E-state index contributed by atoms with van der Waals surface area (Å²) in [5.41, 5.74) is 0.799. The van der Waals surface area contributed by atoms with Gasteiger partial charge in [0.2, 0.25) is 0 Å². The molecule has 0 aromatic heterocycles. The molecule has 0 radical (unpaired) electrons. The first-order valence-corrected chi connectivity index (χ1v) is 7.23. The van der Waals surface area contributed by atoms with Gasteiger partial charge in [0.05, 0.1) is 0 Å². The molecule has 15 heavy (non-hydrogen) atoms. The first kappa shape index (κ1) is 8.14. The van der Waals surface area contributed by atoms with Crippen LogP contribution in [0.25, 0.3) is 0 Å². The molecule has 0 nitrogen and oxygen atoms in total. The third-order valence-corrected chi connectivity index (χ3v) is 7.30. The minimum absolute atomic E-state index is 0.799. The smallest absolute Gasteiger partial charge is 0.0317 e. The van der Waals surface area contributed by atoms with Gasteiger partial charge in [0.1, 0.15) is 0 Å². The van der Waals surface area contributed by atoms with Gasteiger partial charge < -0.3 is 0 Å².